The molecule has 0 bridgehead atoms. The molecule has 0 nitrogen and oxygen atoms in total. The number of rotatable bonds is 3. The average Bonchev–Trinajstić information content (AvgIpc) is 1.88. The summed E-state index contributed by atoms with van der Waals surface area (Å²) in [7, 11) is 0. The summed E-state index contributed by atoms with van der Waals surface area (Å²) in [5.74, 6) is 0.663. The Labute approximate surface area is 58.5 Å². The third-order valence-corrected chi connectivity index (χ3v) is 0.915. The fourth-order valence-corrected chi connectivity index (χ4v) is 0.485. The number of alkyl halides is 1. The Bertz CT molecular complexity index is 33.5. The molecule has 0 heterocycles. The highest BCUT2D eigenvalue weighted by Gasteiger charge is 1.90. The van der Waals surface area contributed by atoms with Crippen LogP contribution in [0.3, 0.4) is 0 Å². The highest BCUT2D eigenvalue weighted by molar-refractivity contribution is 4.42. The van der Waals surface area contributed by atoms with Gasteiger partial charge in [0.15, 0.2) is 0 Å². The predicted molar refractivity (Wildman–Crippen MR) is 41.4 cm³/mol. The maximum absolute atomic E-state index is 11.4. The van der Waals surface area contributed by atoms with E-state index in [1.54, 1.807) is 0 Å². The summed E-state index contributed by atoms with van der Waals surface area (Å²) in [6, 6.07) is 0. The molecule has 0 amide bonds. The van der Waals surface area contributed by atoms with Gasteiger partial charge in [-0.25, -0.2) is 0 Å². The fourth-order valence-electron chi connectivity index (χ4n) is 0.485. The Balaban J connectivity index is 0. The van der Waals surface area contributed by atoms with Gasteiger partial charge in [0.05, 0.1) is 6.67 Å². The molecule has 0 radical (unpaired) electrons. The summed E-state index contributed by atoms with van der Waals surface area (Å²) in [5, 5.41) is 0. The van der Waals surface area contributed by atoms with Gasteiger partial charge >= 0.3 is 0 Å². The van der Waals surface area contributed by atoms with Gasteiger partial charge in [0.1, 0.15) is 0 Å². The third-order valence-electron chi connectivity index (χ3n) is 0.915. The van der Waals surface area contributed by atoms with Crippen LogP contribution in [-0.4, -0.2) is 6.67 Å². The quantitative estimate of drug-likeness (QED) is 0.554. The third kappa shape index (κ3) is 18.1. The minimum absolute atomic E-state index is 0.155. The van der Waals surface area contributed by atoms with Crippen molar-refractivity contribution in [2.24, 2.45) is 5.92 Å². The van der Waals surface area contributed by atoms with E-state index in [4.69, 9.17) is 0 Å². The molecule has 0 atom stereocenters. The Morgan fingerprint density at radius 1 is 1.22 bits per heavy atom. The summed E-state index contributed by atoms with van der Waals surface area (Å²) in [6.07, 6.45) is 1.76. The van der Waals surface area contributed by atoms with E-state index in [2.05, 4.69) is 13.8 Å². The van der Waals surface area contributed by atoms with E-state index >= 15 is 0 Å². The van der Waals surface area contributed by atoms with E-state index in [1.165, 1.54) is 0 Å². The van der Waals surface area contributed by atoms with Crippen molar-refractivity contribution in [1.29, 1.82) is 0 Å². The zero-order chi connectivity index (χ0) is 7.70. The van der Waals surface area contributed by atoms with Crippen LogP contribution >= 0.6 is 0 Å². The van der Waals surface area contributed by atoms with Crippen molar-refractivity contribution in [2.75, 3.05) is 6.67 Å². The van der Waals surface area contributed by atoms with Gasteiger partial charge < -0.3 is 0 Å². The molecule has 0 aromatic heterocycles. The molecular weight excluding hydrogens is 115 g/mol. The Hall–Kier alpha value is -0.0700. The van der Waals surface area contributed by atoms with Crippen LogP contribution < -0.4 is 0 Å². The van der Waals surface area contributed by atoms with E-state index in [0.29, 0.717) is 5.92 Å². The van der Waals surface area contributed by atoms with Gasteiger partial charge in [0.2, 0.25) is 0 Å². The van der Waals surface area contributed by atoms with Crippen LogP contribution in [0, 0.1) is 5.92 Å². The van der Waals surface area contributed by atoms with Gasteiger partial charge in [0, 0.05) is 0 Å². The van der Waals surface area contributed by atoms with Crippen molar-refractivity contribution < 1.29 is 4.39 Å². The standard InChI is InChI=1S/C6H13F.C2H6/c1-6(2)4-3-5-7;1-2/h6H,3-5H2,1-2H3;1-2H3. The molecule has 9 heavy (non-hydrogen) atoms. The molecule has 0 saturated carbocycles. The molecule has 0 saturated heterocycles. The normalized spacial score (nSPS) is 8.67. The summed E-state index contributed by atoms with van der Waals surface area (Å²) in [5.41, 5.74) is 0. The summed E-state index contributed by atoms with van der Waals surface area (Å²) < 4.78 is 11.4. The van der Waals surface area contributed by atoms with Gasteiger partial charge in [0.25, 0.3) is 0 Å². The second kappa shape index (κ2) is 10.8. The molecule has 0 aliphatic heterocycles. The lowest BCUT2D eigenvalue weighted by Gasteiger charge is -1.97. The maximum Gasteiger partial charge on any atom is 0.0894 e. The van der Waals surface area contributed by atoms with Crippen molar-refractivity contribution in [3.8, 4) is 0 Å². The molecule has 0 aliphatic rings. The molecule has 0 fully saturated rings. The SMILES string of the molecule is CC.CC(C)CCCF. The molecule has 0 aromatic rings. The van der Waals surface area contributed by atoms with Crippen molar-refractivity contribution in [2.45, 2.75) is 40.5 Å². The van der Waals surface area contributed by atoms with Gasteiger partial charge in [-0.3, -0.25) is 4.39 Å². The van der Waals surface area contributed by atoms with Crippen LogP contribution in [0.25, 0.3) is 0 Å². The van der Waals surface area contributed by atoms with Gasteiger partial charge in [-0.15, -0.1) is 0 Å². The van der Waals surface area contributed by atoms with E-state index in [9.17, 15) is 4.39 Å². The Morgan fingerprint density at radius 2 is 1.67 bits per heavy atom. The van der Waals surface area contributed by atoms with Crippen LogP contribution in [0.4, 0.5) is 4.39 Å². The molecule has 0 spiro atoms. The second-order valence-electron chi connectivity index (χ2n) is 2.23. The van der Waals surface area contributed by atoms with Crippen molar-refractivity contribution in [3.63, 3.8) is 0 Å². The Morgan fingerprint density at radius 3 is 1.78 bits per heavy atom. The number of hydrogen-bond acceptors (Lipinski definition) is 0. The zero-order valence-electron chi connectivity index (χ0n) is 7.08. The van der Waals surface area contributed by atoms with Gasteiger partial charge in [-0.2, -0.15) is 0 Å². The van der Waals surface area contributed by atoms with Crippen molar-refractivity contribution in [1.82, 2.24) is 0 Å². The van der Waals surface area contributed by atoms with Gasteiger partial charge in [-0.1, -0.05) is 27.7 Å². The first-order valence-corrected chi connectivity index (χ1v) is 3.83. The monoisotopic (exact) mass is 134 g/mol. The predicted octanol–water partition coefficient (Wildman–Crippen LogP) is 3.42. The lowest BCUT2D eigenvalue weighted by molar-refractivity contribution is 0.430. The molecule has 0 aliphatic carbocycles. The topological polar surface area (TPSA) is 0 Å². The van der Waals surface area contributed by atoms with E-state index < -0.39 is 0 Å². The first-order chi connectivity index (χ1) is 4.27. The van der Waals surface area contributed by atoms with Crippen LogP contribution in [0.15, 0.2) is 0 Å². The molecule has 0 aromatic carbocycles. The smallest absolute Gasteiger partial charge is 0.0894 e. The van der Waals surface area contributed by atoms with Crippen molar-refractivity contribution in [3.05, 3.63) is 0 Å². The van der Waals surface area contributed by atoms with Crippen LogP contribution in [0.2, 0.25) is 0 Å². The summed E-state index contributed by atoms with van der Waals surface area (Å²) in [6.45, 7) is 8.06. The minimum atomic E-state index is -0.155. The minimum Gasteiger partial charge on any atom is -0.251 e. The maximum atomic E-state index is 11.4. The molecular formula is C8H19F. The molecule has 0 unspecified atom stereocenters. The number of hydrogen-bond donors (Lipinski definition) is 0. The lowest BCUT2D eigenvalue weighted by Crippen LogP contribution is -1.86. The summed E-state index contributed by atoms with van der Waals surface area (Å²) >= 11 is 0. The van der Waals surface area contributed by atoms with E-state index in [-0.39, 0.29) is 6.67 Å². The Kier molecular flexibility index (Phi) is 14.1. The van der Waals surface area contributed by atoms with Crippen LogP contribution in [-0.2, 0) is 0 Å². The first-order valence-electron chi connectivity index (χ1n) is 3.83. The molecule has 0 rings (SSSR count). The number of halogens is 1. The zero-order valence-corrected chi connectivity index (χ0v) is 7.08. The molecule has 1 heteroatoms. The van der Waals surface area contributed by atoms with E-state index in [0.717, 1.165) is 12.8 Å². The highest BCUT2D eigenvalue weighted by Crippen LogP contribution is 2.02. The van der Waals surface area contributed by atoms with Crippen molar-refractivity contribution >= 4 is 0 Å². The van der Waals surface area contributed by atoms with E-state index in [1.807, 2.05) is 13.8 Å². The van der Waals surface area contributed by atoms with Crippen LogP contribution in [0.5, 0.6) is 0 Å². The van der Waals surface area contributed by atoms with Gasteiger partial charge in [-0.05, 0) is 18.8 Å². The average molecular weight is 134 g/mol. The fraction of sp³-hybridized carbons (Fsp3) is 1.00. The summed E-state index contributed by atoms with van der Waals surface area (Å²) in [4.78, 5) is 0. The lowest BCUT2D eigenvalue weighted by atomic mass is 10.1. The largest absolute Gasteiger partial charge is 0.251 e. The second-order valence-corrected chi connectivity index (χ2v) is 2.23. The first kappa shape index (κ1) is 11.7. The molecule has 58 valence electrons. The van der Waals surface area contributed by atoms with Crippen LogP contribution in [0.1, 0.15) is 40.5 Å². The molecule has 0 N–H and O–H groups in total. The highest BCUT2D eigenvalue weighted by atomic mass is 19.1.